The molecule has 0 atom stereocenters. The molecule has 0 radical (unpaired) electrons. The first-order valence-corrected chi connectivity index (χ1v) is 8.69. The number of halogens is 1. The zero-order chi connectivity index (χ0) is 17.5. The SMILES string of the molecule is COCc1ccccc1NC(N)=NCCN1CCc2ccccc2C1.I. The van der Waals surface area contributed by atoms with Gasteiger partial charge in [0.2, 0.25) is 0 Å². The molecule has 26 heavy (non-hydrogen) atoms. The molecule has 3 rings (SSSR count). The number of hydrogen-bond acceptors (Lipinski definition) is 3. The maximum absolute atomic E-state index is 6.04. The van der Waals surface area contributed by atoms with E-state index in [1.165, 1.54) is 11.1 Å². The zero-order valence-corrected chi connectivity index (χ0v) is 17.5. The summed E-state index contributed by atoms with van der Waals surface area (Å²) in [5.41, 5.74) is 10.9. The highest BCUT2D eigenvalue weighted by atomic mass is 127. The number of ether oxygens (including phenoxy) is 1. The number of nitrogens with two attached hydrogens (primary N) is 1. The van der Waals surface area contributed by atoms with Gasteiger partial charge in [0, 0.05) is 38.0 Å². The highest BCUT2D eigenvalue weighted by molar-refractivity contribution is 14.0. The second-order valence-corrected chi connectivity index (χ2v) is 6.28. The third kappa shape index (κ3) is 5.69. The highest BCUT2D eigenvalue weighted by Crippen LogP contribution is 2.18. The van der Waals surface area contributed by atoms with Gasteiger partial charge in [-0.25, -0.2) is 0 Å². The predicted molar refractivity (Wildman–Crippen MR) is 118 cm³/mol. The van der Waals surface area contributed by atoms with Gasteiger partial charge in [0.05, 0.1) is 13.2 Å². The second kappa shape index (κ2) is 10.5. The number of para-hydroxylation sites is 1. The van der Waals surface area contributed by atoms with Gasteiger partial charge in [0.25, 0.3) is 0 Å². The molecule has 0 aromatic heterocycles. The minimum atomic E-state index is 0. The number of fused-ring (bicyclic) bond motifs is 1. The van der Waals surface area contributed by atoms with Crippen molar-refractivity contribution in [1.29, 1.82) is 0 Å². The molecule has 6 heteroatoms. The summed E-state index contributed by atoms with van der Waals surface area (Å²) in [7, 11) is 1.69. The summed E-state index contributed by atoms with van der Waals surface area (Å²) >= 11 is 0. The summed E-state index contributed by atoms with van der Waals surface area (Å²) in [6, 6.07) is 16.6. The molecule has 1 aliphatic heterocycles. The summed E-state index contributed by atoms with van der Waals surface area (Å²) in [4.78, 5) is 6.90. The molecule has 3 N–H and O–H groups in total. The Labute approximate surface area is 172 Å². The molecule has 0 saturated carbocycles. The van der Waals surface area contributed by atoms with E-state index < -0.39 is 0 Å². The maximum atomic E-state index is 6.04. The van der Waals surface area contributed by atoms with Gasteiger partial charge >= 0.3 is 0 Å². The van der Waals surface area contributed by atoms with Crippen molar-refractivity contribution in [2.45, 2.75) is 19.6 Å². The minimum absolute atomic E-state index is 0. The van der Waals surface area contributed by atoms with E-state index in [0.29, 0.717) is 19.1 Å². The lowest BCUT2D eigenvalue weighted by atomic mass is 10.0. The Kier molecular flexibility index (Phi) is 8.34. The van der Waals surface area contributed by atoms with Crippen LogP contribution in [0.25, 0.3) is 0 Å². The smallest absolute Gasteiger partial charge is 0.193 e. The summed E-state index contributed by atoms with van der Waals surface area (Å²) < 4.78 is 5.21. The van der Waals surface area contributed by atoms with Crippen molar-refractivity contribution in [2.75, 3.05) is 32.1 Å². The molecule has 0 amide bonds. The number of benzene rings is 2. The molecule has 0 spiro atoms. The number of nitrogens with one attached hydrogen (secondary N) is 1. The number of anilines is 1. The number of rotatable bonds is 6. The Hall–Kier alpha value is -1.64. The first-order valence-electron chi connectivity index (χ1n) is 8.69. The Morgan fingerprint density at radius 2 is 1.88 bits per heavy atom. The lowest BCUT2D eigenvalue weighted by Crippen LogP contribution is -2.33. The van der Waals surface area contributed by atoms with Crippen LogP contribution >= 0.6 is 24.0 Å². The largest absolute Gasteiger partial charge is 0.380 e. The fraction of sp³-hybridized carbons (Fsp3) is 0.350. The molecular formula is C20H27IN4O. The van der Waals surface area contributed by atoms with E-state index >= 15 is 0 Å². The maximum Gasteiger partial charge on any atom is 0.193 e. The van der Waals surface area contributed by atoms with E-state index in [0.717, 1.165) is 37.3 Å². The van der Waals surface area contributed by atoms with Crippen LogP contribution in [0.15, 0.2) is 53.5 Å². The standard InChI is InChI=1S/C20H26N4O.HI/c1-25-15-18-8-4-5-9-19(18)23-20(21)22-11-13-24-12-10-16-6-2-3-7-17(16)14-24;/h2-9H,10-15H2,1H3,(H3,21,22,23);1H. The molecule has 140 valence electrons. The van der Waals surface area contributed by atoms with Gasteiger partial charge in [-0.2, -0.15) is 0 Å². The van der Waals surface area contributed by atoms with Crippen LogP contribution in [0.5, 0.6) is 0 Å². The molecule has 0 bridgehead atoms. The number of hydrogen-bond donors (Lipinski definition) is 2. The fourth-order valence-corrected chi connectivity index (χ4v) is 3.16. The van der Waals surface area contributed by atoms with Crippen LogP contribution in [0, 0.1) is 0 Å². The van der Waals surface area contributed by atoms with Crippen molar-refractivity contribution >= 4 is 35.6 Å². The number of guanidine groups is 1. The van der Waals surface area contributed by atoms with Crippen LogP contribution in [0.3, 0.4) is 0 Å². The van der Waals surface area contributed by atoms with Crippen LogP contribution in [0.1, 0.15) is 16.7 Å². The van der Waals surface area contributed by atoms with Gasteiger partial charge in [-0.1, -0.05) is 42.5 Å². The molecule has 0 unspecified atom stereocenters. The quantitative estimate of drug-likeness (QED) is 0.390. The minimum Gasteiger partial charge on any atom is -0.380 e. The topological polar surface area (TPSA) is 62.9 Å². The lowest BCUT2D eigenvalue weighted by molar-refractivity contribution is 0.185. The van der Waals surface area contributed by atoms with E-state index in [4.69, 9.17) is 10.5 Å². The molecule has 0 saturated heterocycles. The summed E-state index contributed by atoms with van der Waals surface area (Å²) in [6.45, 7) is 4.22. The summed E-state index contributed by atoms with van der Waals surface area (Å²) in [5, 5.41) is 3.18. The van der Waals surface area contributed by atoms with Crippen LogP contribution in [-0.4, -0.2) is 37.6 Å². The summed E-state index contributed by atoms with van der Waals surface area (Å²) in [6.07, 6.45) is 1.11. The summed E-state index contributed by atoms with van der Waals surface area (Å²) in [5.74, 6) is 0.445. The van der Waals surface area contributed by atoms with E-state index in [1.54, 1.807) is 7.11 Å². The van der Waals surface area contributed by atoms with Gasteiger partial charge in [-0.05, 0) is 23.6 Å². The second-order valence-electron chi connectivity index (χ2n) is 6.28. The molecule has 2 aromatic rings. The van der Waals surface area contributed by atoms with E-state index in [9.17, 15) is 0 Å². The van der Waals surface area contributed by atoms with Gasteiger partial charge in [-0.3, -0.25) is 9.89 Å². The first kappa shape index (κ1) is 20.7. The van der Waals surface area contributed by atoms with E-state index in [2.05, 4.69) is 39.5 Å². The predicted octanol–water partition coefficient (Wildman–Crippen LogP) is 3.24. The Morgan fingerprint density at radius 1 is 1.15 bits per heavy atom. The van der Waals surface area contributed by atoms with Gasteiger partial charge in [0.15, 0.2) is 5.96 Å². The average molecular weight is 466 g/mol. The number of aliphatic imine (C=N–C) groups is 1. The fourth-order valence-electron chi connectivity index (χ4n) is 3.16. The van der Waals surface area contributed by atoms with Crippen LogP contribution in [-0.2, 0) is 24.3 Å². The van der Waals surface area contributed by atoms with Crippen LogP contribution in [0.4, 0.5) is 5.69 Å². The zero-order valence-electron chi connectivity index (χ0n) is 15.1. The van der Waals surface area contributed by atoms with E-state index in [1.807, 2.05) is 24.3 Å². The molecule has 0 fully saturated rings. The Morgan fingerprint density at radius 3 is 2.69 bits per heavy atom. The highest BCUT2D eigenvalue weighted by Gasteiger charge is 2.14. The van der Waals surface area contributed by atoms with Crippen molar-refractivity contribution in [3.63, 3.8) is 0 Å². The van der Waals surface area contributed by atoms with Gasteiger partial charge < -0.3 is 15.8 Å². The van der Waals surface area contributed by atoms with E-state index in [-0.39, 0.29) is 24.0 Å². The molecular weight excluding hydrogens is 439 g/mol. The molecule has 1 heterocycles. The van der Waals surface area contributed by atoms with Crippen molar-refractivity contribution in [1.82, 2.24) is 4.90 Å². The lowest BCUT2D eigenvalue weighted by Gasteiger charge is -2.28. The monoisotopic (exact) mass is 466 g/mol. The van der Waals surface area contributed by atoms with Crippen molar-refractivity contribution < 1.29 is 4.74 Å². The van der Waals surface area contributed by atoms with Crippen molar-refractivity contribution in [2.24, 2.45) is 10.7 Å². The molecule has 5 nitrogen and oxygen atoms in total. The van der Waals surface area contributed by atoms with Crippen LogP contribution < -0.4 is 11.1 Å². The molecule has 0 aliphatic carbocycles. The van der Waals surface area contributed by atoms with Gasteiger partial charge in [-0.15, -0.1) is 24.0 Å². The number of nitrogens with zero attached hydrogens (tertiary/aromatic N) is 2. The van der Waals surface area contributed by atoms with Gasteiger partial charge in [0.1, 0.15) is 0 Å². The molecule has 2 aromatic carbocycles. The Balaban J connectivity index is 0.00000243. The molecule has 1 aliphatic rings. The van der Waals surface area contributed by atoms with Crippen molar-refractivity contribution in [3.8, 4) is 0 Å². The van der Waals surface area contributed by atoms with Crippen LogP contribution in [0.2, 0.25) is 0 Å². The Bertz CT molecular complexity index is 735. The first-order chi connectivity index (χ1) is 12.3. The average Bonchev–Trinajstić information content (AvgIpc) is 2.63. The third-order valence-corrected chi connectivity index (χ3v) is 4.49. The normalized spacial score (nSPS) is 14.4. The third-order valence-electron chi connectivity index (χ3n) is 4.49. The van der Waals surface area contributed by atoms with Crippen molar-refractivity contribution in [3.05, 3.63) is 65.2 Å². The number of methoxy groups -OCH3 is 1.